The Morgan fingerprint density at radius 1 is 1.10 bits per heavy atom. The highest BCUT2D eigenvalue weighted by Gasteiger charge is 2.50. The Labute approximate surface area is 186 Å². The summed E-state index contributed by atoms with van der Waals surface area (Å²) < 4.78 is 33.6. The lowest BCUT2D eigenvalue weighted by Gasteiger charge is -2.57. The monoisotopic (exact) mass is 448 g/mol. The highest BCUT2D eigenvalue weighted by atomic mass is 32.2. The van der Waals surface area contributed by atoms with Gasteiger partial charge in [0.1, 0.15) is 10.6 Å². The second kappa shape index (κ2) is 8.07. The summed E-state index contributed by atoms with van der Waals surface area (Å²) >= 11 is 0. The minimum absolute atomic E-state index is 0.0151. The Balaban J connectivity index is 1.43. The number of nitrogens with one attached hydrogen (secondary N) is 2. The van der Waals surface area contributed by atoms with Gasteiger partial charge in [-0.3, -0.25) is 4.79 Å². The van der Waals surface area contributed by atoms with E-state index in [-0.39, 0.29) is 16.6 Å². The Hall–Kier alpha value is -1.60. The van der Waals surface area contributed by atoms with Crippen molar-refractivity contribution in [3.63, 3.8) is 0 Å². The lowest BCUT2D eigenvalue weighted by Crippen LogP contribution is -2.47. The number of benzene rings is 1. The average molecular weight is 449 g/mol. The summed E-state index contributed by atoms with van der Waals surface area (Å²) in [5.74, 6) is 2.67. The van der Waals surface area contributed by atoms with Crippen molar-refractivity contribution in [2.24, 2.45) is 23.2 Å². The molecular formula is C24H36N2O4S. The number of ether oxygens (including phenoxy) is 1. The molecule has 5 rings (SSSR count). The molecule has 0 unspecified atom stereocenters. The number of sulfonamides is 1. The molecule has 6 nitrogen and oxygen atoms in total. The third-order valence-electron chi connectivity index (χ3n) is 7.26. The largest absolute Gasteiger partial charge is 0.495 e. The van der Waals surface area contributed by atoms with Crippen molar-refractivity contribution in [3.8, 4) is 5.75 Å². The van der Waals surface area contributed by atoms with Crippen LogP contribution in [0.4, 0.5) is 0 Å². The maximum absolute atomic E-state index is 12.9. The van der Waals surface area contributed by atoms with Gasteiger partial charge in [-0.05, 0) is 107 Å². The van der Waals surface area contributed by atoms with Crippen molar-refractivity contribution in [2.75, 3.05) is 13.7 Å². The van der Waals surface area contributed by atoms with Gasteiger partial charge < -0.3 is 10.1 Å². The molecule has 4 aliphatic rings. The Morgan fingerprint density at radius 2 is 1.68 bits per heavy atom. The number of carbonyl (C=O) groups is 1. The Bertz CT molecular complexity index is 914. The van der Waals surface area contributed by atoms with Gasteiger partial charge >= 0.3 is 0 Å². The van der Waals surface area contributed by atoms with Crippen LogP contribution in [0.25, 0.3) is 0 Å². The Kier molecular flexibility index (Phi) is 5.88. The molecule has 0 saturated heterocycles. The molecule has 1 aromatic carbocycles. The Morgan fingerprint density at radius 3 is 2.19 bits per heavy atom. The molecule has 2 N–H and O–H groups in total. The number of hydrogen-bond acceptors (Lipinski definition) is 4. The number of methoxy groups -OCH3 is 1. The second-order valence-corrected chi connectivity index (χ2v) is 12.8. The maximum atomic E-state index is 12.9. The van der Waals surface area contributed by atoms with E-state index < -0.39 is 15.6 Å². The standard InChI is InChI=1S/C24H36N2O4S/c1-23(2,3)26-31(28,29)21-12-19(5-6-20(21)30-4)22(27)25-8-7-24-13-16-9-17(14-24)11-18(10-16)15-24/h5-6,12,16-18,26H,7-11,13-15H2,1-4H3,(H,25,27). The number of carbonyl (C=O) groups excluding carboxylic acids is 1. The maximum Gasteiger partial charge on any atom is 0.251 e. The predicted molar refractivity (Wildman–Crippen MR) is 121 cm³/mol. The summed E-state index contributed by atoms with van der Waals surface area (Å²) in [7, 11) is -2.40. The van der Waals surface area contributed by atoms with Crippen LogP contribution in [-0.4, -0.2) is 33.5 Å². The van der Waals surface area contributed by atoms with Gasteiger partial charge in [-0.2, -0.15) is 0 Å². The fraction of sp³-hybridized carbons (Fsp3) is 0.708. The highest BCUT2D eigenvalue weighted by Crippen LogP contribution is 2.61. The first-order valence-corrected chi connectivity index (χ1v) is 13.0. The van der Waals surface area contributed by atoms with Crippen molar-refractivity contribution in [1.82, 2.24) is 10.0 Å². The first kappa shape index (κ1) is 22.6. The van der Waals surface area contributed by atoms with E-state index in [9.17, 15) is 13.2 Å². The molecule has 0 atom stereocenters. The van der Waals surface area contributed by atoms with Crippen LogP contribution in [0.5, 0.6) is 5.75 Å². The summed E-state index contributed by atoms with van der Waals surface area (Å²) in [4.78, 5) is 12.8. The second-order valence-electron chi connectivity index (χ2n) is 11.1. The van der Waals surface area contributed by atoms with Crippen LogP contribution in [0.15, 0.2) is 23.1 Å². The molecule has 31 heavy (non-hydrogen) atoms. The van der Waals surface area contributed by atoms with Crippen LogP contribution in [0, 0.1) is 23.2 Å². The summed E-state index contributed by atoms with van der Waals surface area (Å²) in [6.07, 6.45) is 9.22. The summed E-state index contributed by atoms with van der Waals surface area (Å²) in [6.45, 7) is 5.97. The minimum Gasteiger partial charge on any atom is -0.495 e. The molecule has 0 radical (unpaired) electrons. The molecule has 4 fully saturated rings. The van der Waals surface area contributed by atoms with Crippen molar-refractivity contribution in [1.29, 1.82) is 0 Å². The number of amides is 1. The minimum atomic E-state index is -3.82. The van der Waals surface area contributed by atoms with Crippen molar-refractivity contribution in [3.05, 3.63) is 23.8 Å². The SMILES string of the molecule is COc1ccc(C(=O)NCCC23CC4CC(CC(C4)C2)C3)cc1S(=O)(=O)NC(C)(C)C. The molecule has 0 aromatic heterocycles. The lowest BCUT2D eigenvalue weighted by atomic mass is 9.49. The van der Waals surface area contributed by atoms with Crippen LogP contribution in [-0.2, 0) is 10.0 Å². The number of hydrogen-bond donors (Lipinski definition) is 2. The van der Waals surface area contributed by atoms with Crippen molar-refractivity contribution in [2.45, 2.75) is 76.2 Å². The predicted octanol–water partition coefficient (Wildman–Crippen LogP) is 4.11. The smallest absolute Gasteiger partial charge is 0.251 e. The molecular weight excluding hydrogens is 412 g/mol. The normalized spacial score (nSPS) is 29.7. The molecule has 1 aromatic rings. The van der Waals surface area contributed by atoms with Crippen LogP contribution in [0.3, 0.4) is 0 Å². The van der Waals surface area contributed by atoms with Crippen molar-refractivity contribution >= 4 is 15.9 Å². The third kappa shape index (κ3) is 4.92. The summed E-state index contributed by atoms with van der Waals surface area (Å²) in [5.41, 5.74) is 0.105. The van der Waals surface area contributed by atoms with Gasteiger partial charge in [-0.25, -0.2) is 13.1 Å². The highest BCUT2D eigenvalue weighted by molar-refractivity contribution is 7.89. The molecule has 172 valence electrons. The molecule has 1 amide bonds. The van der Waals surface area contributed by atoms with Gasteiger partial charge in [0.2, 0.25) is 10.0 Å². The fourth-order valence-electron chi connectivity index (χ4n) is 6.63. The van der Waals surface area contributed by atoms with Gasteiger partial charge in [0.25, 0.3) is 5.91 Å². The van der Waals surface area contributed by atoms with Gasteiger partial charge in [-0.1, -0.05) is 0 Å². The van der Waals surface area contributed by atoms with E-state index >= 15 is 0 Å². The van der Waals surface area contributed by atoms with Gasteiger partial charge in [0, 0.05) is 17.6 Å². The van der Waals surface area contributed by atoms with E-state index in [2.05, 4.69) is 10.0 Å². The van der Waals surface area contributed by atoms with Gasteiger partial charge in [-0.15, -0.1) is 0 Å². The zero-order valence-corrected chi connectivity index (χ0v) is 20.0. The van der Waals surface area contributed by atoms with E-state index in [4.69, 9.17) is 4.74 Å². The quantitative estimate of drug-likeness (QED) is 0.657. The molecule has 4 bridgehead atoms. The zero-order chi connectivity index (χ0) is 22.4. The van der Waals surface area contributed by atoms with Crippen LogP contribution >= 0.6 is 0 Å². The topological polar surface area (TPSA) is 84.5 Å². The third-order valence-corrected chi connectivity index (χ3v) is 9.04. The first-order valence-electron chi connectivity index (χ1n) is 11.5. The van der Waals surface area contributed by atoms with Gasteiger partial charge in [0.15, 0.2) is 0 Å². The van der Waals surface area contributed by atoms with E-state index in [0.717, 1.165) is 24.2 Å². The van der Waals surface area contributed by atoms with E-state index in [0.29, 0.717) is 17.5 Å². The molecule has 0 heterocycles. The van der Waals surface area contributed by atoms with E-state index in [1.807, 2.05) is 0 Å². The number of rotatable bonds is 7. The molecule has 0 spiro atoms. The van der Waals surface area contributed by atoms with Crippen LogP contribution < -0.4 is 14.8 Å². The fourth-order valence-corrected chi connectivity index (χ4v) is 8.24. The van der Waals surface area contributed by atoms with E-state index in [1.54, 1.807) is 32.9 Å². The average Bonchev–Trinajstić information content (AvgIpc) is 2.64. The summed E-state index contributed by atoms with van der Waals surface area (Å²) in [5, 5.41) is 3.04. The summed E-state index contributed by atoms with van der Waals surface area (Å²) in [6, 6.07) is 4.58. The van der Waals surface area contributed by atoms with Crippen LogP contribution in [0.1, 0.15) is 76.1 Å². The molecule has 4 aliphatic carbocycles. The zero-order valence-electron chi connectivity index (χ0n) is 19.2. The molecule has 0 aliphatic heterocycles. The lowest BCUT2D eigenvalue weighted by molar-refractivity contribution is -0.0564. The van der Waals surface area contributed by atoms with Gasteiger partial charge in [0.05, 0.1) is 7.11 Å². The molecule has 7 heteroatoms. The first-order chi connectivity index (χ1) is 14.5. The molecule has 4 saturated carbocycles. The van der Waals surface area contributed by atoms with Crippen LogP contribution in [0.2, 0.25) is 0 Å². The van der Waals surface area contributed by atoms with E-state index in [1.165, 1.54) is 51.7 Å². The van der Waals surface area contributed by atoms with Crippen molar-refractivity contribution < 1.29 is 17.9 Å².